The first-order chi connectivity index (χ1) is 14.1. The highest BCUT2D eigenvalue weighted by molar-refractivity contribution is 7.13. The summed E-state index contributed by atoms with van der Waals surface area (Å²) >= 11 is 1.57. The summed E-state index contributed by atoms with van der Waals surface area (Å²) in [6.45, 7) is 5.72. The Balaban J connectivity index is 1.56. The van der Waals surface area contributed by atoms with Gasteiger partial charge in [-0.15, -0.1) is 11.3 Å². The van der Waals surface area contributed by atoms with E-state index in [4.69, 9.17) is 9.47 Å². The Labute approximate surface area is 176 Å². The van der Waals surface area contributed by atoms with Crippen LogP contribution in [-0.2, 0) is 27.2 Å². The van der Waals surface area contributed by atoms with Crippen LogP contribution in [0.5, 0.6) is 0 Å². The van der Waals surface area contributed by atoms with Crippen LogP contribution in [0, 0.1) is 0 Å². The predicted octanol–water partition coefficient (Wildman–Crippen LogP) is 1.84. The molecule has 1 aliphatic rings. The van der Waals surface area contributed by atoms with Crippen molar-refractivity contribution in [1.82, 2.24) is 20.1 Å². The summed E-state index contributed by atoms with van der Waals surface area (Å²) in [4.78, 5) is 21.6. The Morgan fingerprint density at radius 1 is 1.24 bits per heavy atom. The van der Waals surface area contributed by atoms with E-state index in [2.05, 4.69) is 51.4 Å². The maximum absolute atomic E-state index is 12.1. The number of hydrogen-bond donors (Lipinski definition) is 1. The summed E-state index contributed by atoms with van der Waals surface area (Å²) in [7, 11) is 5.27. The lowest BCUT2D eigenvalue weighted by Gasteiger charge is -2.32. The summed E-state index contributed by atoms with van der Waals surface area (Å²) in [5, 5.41) is 5.70. The van der Waals surface area contributed by atoms with Gasteiger partial charge in [-0.1, -0.05) is 18.2 Å². The van der Waals surface area contributed by atoms with Gasteiger partial charge >= 0.3 is 0 Å². The Morgan fingerprint density at radius 2 is 2.00 bits per heavy atom. The zero-order chi connectivity index (χ0) is 20.6. The topological polar surface area (TPSA) is 66.9 Å². The molecule has 2 aromatic rings. The molecule has 1 N–H and O–H groups in total. The van der Waals surface area contributed by atoms with Crippen LogP contribution in [-0.4, -0.2) is 81.0 Å². The van der Waals surface area contributed by atoms with Crippen molar-refractivity contribution >= 4 is 17.2 Å². The average molecular weight is 419 g/mol. The molecule has 0 radical (unpaired) electrons. The fourth-order valence-electron chi connectivity index (χ4n) is 3.27. The van der Waals surface area contributed by atoms with E-state index < -0.39 is 6.29 Å². The van der Waals surface area contributed by atoms with Crippen molar-refractivity contribution in [3.8, 4) is 10.6 Å². The summed E-state index contributed by atoms with van der Waals surface area (Å²) in [6, 6.07) is 8.55. The number of benzene rings is 1. The van der Waals surface area contributed by atoms with Gasteiger partial charge in [0.1, 0.15) is 5.01 Å². The number of thiazole rings is 1. The highest BCUT2D eigenvalue weighted by atomic mass is 32.1. The van der Waals surface area contributed by atoms with Gasteiger partial charge in [0.05, 0.1) is 18.7 Å². The summed E-state index contributed by atoms with van der Waals surface area (Å²) in [5.41, 5.74) is 3.18. The monoisotopic (exact) mass is 418 g/mol. The first-order valence-electron chi connectivity index (χ1n) is 9.84. The van der Waals surface area contributed by atoms with E-state index in [1.165, 1.54) is 5.56 Å². The van der Waals surface area contributed by atoms with Crippen LogP contribution < -0.4 is 5.32 Å². The molecular formula is C21H30N4O3S. The number of rotatable bonds is 9. The van der Waals surface area contributed by atoms with Gasteiger partial charge in [0.2, 0.25) is 5.91 Å². The smallest absolute Gasteiger partial charge is 0.226 e. The van der Waals surface area contributed by atoms with Crippen LogP contribution >= 0.6 is 11.3 Å². The normalized spacial score (nSPS) is 15.7. The van der Waals surface area contributed by atoms with Gasteiger partial charge in [0.15, 0.2) is 6.29 Å². The van der Waals surface area contributed by atoms with Gasteiger partial charge in [-0.2, -0.15) is 0 Å². The number of piperazine rings is 1. The summed E-state index contributed by atoms with van der Waals surface area (Å²) in [5.74, 6) is -0.0928. The second-order valence-electron chi connectivity index (χ2n) is 7.31. The third kappa shape index (κ3) is 6.58. The minimum atomic E-state index is -0.437. The SMILES string of the molecule is COC(CNC(=O)Cc1csc(-c2cccc(CN3CCN(C)CC3)c2)n1)OC. The van der Waals surface area contributed by atoms with Crippen LogP contribution in [0.4, 0.5) is 0 Å². The molecule has 1 amide bonds. The van der Waals surface area contributed by atoms with Gasteiger partial charge in [-0.25, -0.2) is 4.98 Å². The number of carbonyl (C=O) groups is 1. The van der Waals surface area contributed by atoms with Crippen molar-refractivity contribution in [2.45, 2.75) is 19.3 Å². The van der Waals surface area contributed by atoms with Gasteiger partial charge in [-0.3, -0.25) is 9.69 Å². The Morgan fingerprint density at radius 3 is 2.72 bits per heavy atom. The lowest BCUT2D eigenvalue weighted by molar-refractivity contribution is -0.126. The van der Waals surface area contributed by atoms with E-state index in [0.29, 0.717) is 6.54 Å². The molecule has 2 heterocycles. The number of ether oxygens (including phenoxy) is 2. The highest BCUT2D eigenvalue weighted by Crippen LogP contribution is 2.25. The van der Waals surface area contributed by atoms with Crippen molar-refractivity contribution in [2.75, 3.05) is 54.0 Å². The van der Waals surface area contributed by atoms with Crippen LogP contribution in [0.15, 0.2) is 29.6 Å². The van der Waals surface area contributed by atoms with Crippen molar-refractivity contribution in [3.05, 3.63) is 40.9 Å². The number of aromatic nitrogens is 1. The molecule has 158 valence electrons. The van der Waals surface area contributed by atoms with Crippen molar-refractivity contribution in [2.24, 2.45) is 0 Å². The quantitative estimate of drug-likeness (QED) is 0.627. The maximum atomic E-state index is 12.1. The first-order valence-corrected chi connectivity index (χ1v) is 10.7. The largest absolute Gasteiger partial charge is 0.354 e. The van der Waals surface area contributed by atoms with Crippen LogP contribution in [0.25, 0.3) is 10.6 Å². The van der Waals surface area contributed by atoms with E-state index in [9.17, 15) is 4.79 Å². The fraction of sp³-hybridized carbons (Fsp3) is 0.524. The van der Waals surface area contributed by atoms with Crippen molar-refractivity contribution in [3.63, 3.8) is 0 Å². The molecule has 0 unspecified atom stereocenters. The summed E-state index contributed by atoms with van der Waals surface area (Å²) in [6.07, 6.45) is -0.189. The van der Waals surface area contributed by atoms with E-state index in [1.54, 1.807) is 25.6 Å². The van der Waals surface area contributed by atoms with Crippen LogP contribution in [0.3, 0.4) is 0 Å². The average Bonchev–Trinajstić information content (AvgIpc) is 3.19. The molecule has 1 aromatic carbocycles. The molecule has 0 bridgehead atoms. The number of nitrogens with one attached hydrogen (secondary N) is 1. The van der Waals surface area contributed by atoms with Crippen molar-refractivity contribution < 1.29 is 14.3 Å². The molecule has 0 saturated carbocycles. The van der Waals surface area contributed by atoms with Crippen LogP contribution in [0.1, 0.15) is 11.3 Å². The molecule has 29 heavy (non-hydrogen) atoms. The van der Waals surface area contributed by atoms with Crippen LogP contribution in [0.2, 0.25) is 0 Å². The minimum absolute atomic E-state index is 0.0928. The molecule has 7 nitrogen and oxygen atoms in total. The number of nitrogens with zero attached hydrogens (tertiary/aromatic N) is 3. The lowest BCUT2D eigenvalue weighted by atomic mass is 10.1. The Hall–Kier alpha value is -1.84. The molecule has 1 aromatic heterocycles. The molecule has 3 rings (SSSR count). The number of likely N-dealkylation sites (N-methyl/N-ethyl adjacent to an activating group) is 1. The third-order valence-corrected chi connectivity index (χ3v) is 6.00. The fourth-order valence-corrected chi connectivity index (χ4v) is 4.09. The van der Waals surface area contributed by atoms with Gasteiger partial charge in [0, 0.05) is 57.9 Å². The highest BCUT2D eigenvalue weighted by Gasteiger charge is 2.15. The predicted molar refractivity (Wildman–Crippen MR) is 115 cm³/mol. The van der Waals surface area contributed by atoms with Crippen molar-refractivity contribution in [1.29, 1.82) is 0 Å². The molecule has 0 atom stereocenters. The second-order valence-corrected chi connectivity index (χ2v) is 8.16. The van der Waals surface area contributed by atoms with Gasteiger partial charge < -0.3 is 19.7 Å². The number of amides is 1. The van der Waals surface area contributed by atoms with E-state index in [-0.39, 0.29) is 12.3 Å². The molecular weight excluding hydrogens is 388 g/mol. The second kappa shape index (κ2) is 10.8. The van der Waals surface area contributed by atoms with E-state index in [1.807, 2.05) is 5.38 Å². The molecule has 0 aliphatic carbocycles. The molecule has 1 fully saturated rings. The lowest BCUT2D eigenvalue weighted by Crippen LogP contribution is -2.43. The third-order valence-electron chi connectivity index (χ3n) is 5.06. The number of carbonyl (C=O) groups excluding carboxylic acids is 1. The Bertz CT molecular complexity index is 786. The molecule has 0 spiro atoms. The summed E-state index contributed by atoms with van der Waals surface area (Å²) < 4.78 is 10.2. The standard InChI is InChI=1S/C21H30N4O3S/c1-24-7-9-25(10-8-24)14-16-5-4-6-17(11-16)21-23-18(15-29-21)12-19(26)22-13-20(27-2)28-3/h4-6,11,15,20H,7-10,12-14H2,1-3H3,(H,22,26). The van der Waals surface area contributed by atoms with E-state index >= 15 is 0 Å². The number of hydrogen-bond acceptors (Lipinski definition) is 7. The zero-order valence-corrected chi connectivity index (χ0v) is 18.2. The zero-order valence-electron chi connectivity index (χ0n) is 17.4. The molecule has 1 aliphatic heterocycles. The van der Waals surface area contributed by atoms with Gasteiger partial charge in [-0.05, 0) is 18.7 Å². The van der Waals surface area contributed by atoms with E-state index in [0.717, 1.165) is 49.0 Å². The maximum Gasteiger partial charge on any atom is 0.226 e. The Kier molecular flexibility index (Phi) is 8.14. The first kappa shape index (κ1) is 21.9. The number of methoxy groups -OCH3 is 2. The van der Waals surface area contributed by atoms with Gasteiger partial charge in [0.25, 0.3) is 0 Å². The molecule has 8 heteroatoms. The minimum Gasteiger partial charge on any atom is -0.354 e. The molecule has 1 saturated heterocycles.